The van der Waals surface area contributed by atoms with Crippen LogP contribution in [0.4, 0.5) is 16.6 Å². The van der Waals surface area contributed by atoms with Gasteiger partial charge in [-0.3, -0.25) is 0 Å². The van der Waals surface area contributed by atoms with Gasteiger partial charge in [0.2, 0.25) is 0 Å². The van der Waals surface area contributed by atoms with Gasteiger partial charge in [0, 0.05) is 48.7 Å². The molecule has 1 fully saturated rings. The molecular weight excluding hydrogens is 384 g/mol. The first-order chi connectivity index (χ1) is 14.1. The summed E-state index contributed by atoms with van der Waals surface area (Å²) in [5.74, 6) is 0.793. The predicted molar refractivity (Wildman–Crippen MR) is 118 cm³/mol. The van der Waals surface area contributed by atoms with E-state index < -0.39 is 0 Å². The van der Waals surface area contributed by atoms with E-state index >= 15 is 0 Å². The number of fused-ring (bicyclic) bond motifs is 2. The van der Waals surface area contributed by atoms with E-state index in [1.165, 1.54) is 16.9 Å². The maximum atomic E-state index is 6.21. The van der Waals surface area contributed by atoms with Gasteiger partial charge in [-0.2, -0.15) is 0 Å². The first-order valence-corrected chi connectivity index (χ1v) is 10.4. The highest BCUT2D eigenvalue weighted by molar-refractivity contribution is 7.21. The topological polar surface area (TPSA) is 103 Å². The normalized spacial score (nSPS) is 22.0. The first-order valence-electron chi connectivity index (χ1n) is 9.59. The average molecular weight is 407 g/mol. The second kappa shape index (κ2) is 7.13. The number of ether oxygens (including phenoxy) is 1. The fourth-order valence-corrected chi connectivity index (χ4v) is 4.71. The summed E-state index contributed by atoms with van der Waals surface area (Å²) in [5.41, 5.74) is 17.1. The zero-order valence-electron chi connectivity index (χ0n) is 16.1. The van der Waals surface area contributed by atoms with Gasteiger partial charge in [-0.05, 0) is 23.3 Å². The highest BCUT2D eigenvalue weighted by Gasteiger charge is 2.29. The summed E-state index contributed by atoms with van der Waals surface area (Å²) in [6, 6.07) is 5.96. The van der Waals surface area contributed by atoms with Crippen LogP contribution in [0.1, 0.15) is 12.5 Å². The third-order valence-electron chi connectivity index (χ3n) is 5.39. The van der Waals surface area contributed by atoms with E-state index in [9.17, 15) is 0 Å². The van der Waals surface area contributed by atoms with Crippen LogP contribution in [0.2, 0.25) is 0 Å². The largest absolute Gasteiger partial charge is 0.384 e. The van der Waals surface area contributed by atoms with Gasteiger partial charge in [0.15, 0.2) is 5.13 Å². The molecule has 29 heavy (non-hydrogen) atoms. The Hall–Kier alpha value is -2.97. The Bertz CT molecular complexity index is 1140. The molecule has 3 aromatic rings. The molecule has 0 spiro atoms. The van der Waals surface area contributed by atoms with Crippen LogP contribution in [0, 0.1) is 5.92 Å². The van der Waals surface area contributed by atoms with Crippen molar-refractivity contribution in [3.63, 3.8) is 0 Å². The van der Waals surface area contributed by atoms with Gasteiger partial charge in [-0.15, -0.1) is 0 Å². The summed E-state index contributed by atoms with van der Waals surface area (Å²) in [6.07, 6.45) is 8.21. The maximum Gasteiger partial charge on any atom is 0.182 e. The molecular formula is C21H22N6OS. The van der Waals surface area contributed by atoms with Crippen LogP contribution in [0.5, 0.6) is 0 Å². The van der Waals surface area contributed by atoms with Crippen LogP contribution in [0.3, 0.4) is 0 Å². The van der Waals surface area contributed by atoms with Gasteiger partial charge < -0.3 is 21.1 Å². The number of pyridine rings is 2. The highest BCUT2D eigenvalue weighted by Crippen LogP contribution is 2.34. The molecule has 0 bridgehead atoms. The van der Waals surface area contributed by atoms with Gasteiger partial charge in [0.05, 0.1) is 12.7 Å². The lowest BCUT2D eigenvalue weighted by Crippen LogP contribution is -2.30. The van der Waals surface area contributed by atoms with Crippen molar-refractivity contribution < 1.29 is 4.74 Å². The molecule has 4 N–H and O–H groups in total. The van der Waals surface area contributed by atoms with Gasteiger partial charge in [0.25, 0.3) is 0 Å². The van der Waals surface area contributed by atoms with Crippen LogP contribution < -0.4 is 16.4 Å². The molecule has 5 rings (SSSR count). The molecule has 8 heteroatoms. The fourth-order valence-electron chi connectivity index (χ4n) is 4.05. The van der Waals surface area contributed by atoms with Crippen LogP contribution in [-0.2, 0) is 4.74 Å². The van der Waals surface area contributed by atoms with E-state index in [0.29, 0.717) is 17.6 Å². The quantitative estimate of drug-likeness (QED) is 0.674. The fraction of sp³-hybridized carbons (Fsp3) is 0.286. The standard InChI is InChI=1S/C21H22N6OS/c1-12-6-13(14-8-17-20(25-10-14)29-21(23)26-17)7-15-11-27(4-5-28-19(12)15)16-2-3-24-18(22)9-16/h2-3,6-10,12,19H,4-5,11H2,1H3,(H2,22,24)(H2,23,26). The number of aromatic nitrogens is 3. The van der Waals surface area contributed by atoms with Crippen LogP contribution in [-0.4, -0.2) is 40.8 Å². The zero-order valence-corrected chi connectivity index (χ0v) is 16.9. The minimum atomic E-state index is 0.0783. The Morgan fingerprint density at radius 1 is 1.24 bits per heavy atom. The number of allylic oxidation sites excluding steroid dienone is 2. The molecule has 0 aromatic carbocycles. The predicted octanol–water partition coefficient (Wildman–Crippen LogP) is 3.12. The maximum absolute atomic E-state index is 6.21. The molecule has 1 aliphatic carbocycles. The molecule has 2 atom stereocenters. The van der Waals surface area contributed by atoms with E-state index in [0.717, 1.165) is 40.3 Å². The molecule has 0 radical (unpaired) electrons. The van der Waals surface area contributed by atoms with Gasteiger partial charge in [0.1, 0.15) is 16.2 Å². The Morgan fingerprint density at radius 3 is 3.00 bits per heavy atom. The molecule has 0 saturated carbocycles. The Balaban J connectivity index is 1.49. The summed E-state index contributed by atoms with van der Waals surface area (Å²) in [7, 11) is 0. The number of nitrogens with two attached hydrogens (primary N) is 2. The molecule has 2 unspecified atom stereocenters. The molecule has 0 amide bonds. The number of thiazole rings is 1. The summed E-state index contributed by atoms with van der Waals surface area (Å²) in [5, 5.41) is 0.540. The second-order valence-electron chi connectivity index (χ2n) is 7.45. The van der Waals surface area contributed by atoms with Crippen molar-refractivity contribution in [1.29, 1.82) is 0 Å². The lowest BCUT2D eigenvalue weighted by molar-refractivity contribution is 0.0660. The van der Waals surface area contributed by atoms with E-state index in [1.54, 1.807) is 6.20 Å². The van der Waals surface area contributed by atoms with Gasteiger partial charge in [-0.25, -0.2) is 15.0 Å². The van der Waals surface area contributed by atoms with Crippen molar-refractivity contribution in [1.82, 2.24) is 15.0 Å². The molecule has 4 heterocycles. The second-order valence-corrected chi connectivity index (χ2v) is 8.46. The lowest BCUT2D eigenvalue weighted by atomic mass is 9.86. The van der Waals surface area contributed by atoms with Gasteiger partial charge >= 0.3 is 0 Å². The third kappa shape index (κ3) is 3.45. The summed E-state index contributed by atoms with van der Waals surface area (Å²) in [6.45, 7) is 4.47. The monoisotopic (exact) mass is 406 g/mol. The number of nitrogens with zero attached hydrogens (tertiary/aromatic N) is 4. The van der Waals surface area contributed by atoms with E-state index in [2.05, 4.69) is 45.0 Å². The molecule has 3 aromatic heterocycles. The minimum absolute atomic E-state index is 0.0783. The molecule has 7 nitrogen and oxygen atoms in total. The van der Waals surface area contributed by atoms with Crippen molar-refractivity contribution in [2.24, 2.45) is 5.92 Å². The average Bonchev–Trinajstić information content (AvgIpc) is 2.93. The van der Waals surface area contributed by atoms with Crippen molar-refractivity contribution >= 4 is 43.9 Å². The number of rotatable bonds is 2. The van der Waals surface area contributed by atoms with Crippen LogP contribution in [0.15, 0.2) is 48.3 Å². The van der Waals surface area contributed by atoms with E-state index in [4.69, 9.17) is 16.2 Å². The summed E-state index contributed by atoms with van der Waals surface area (Å²) in [4.78, 5) is 16.2. The molecule has 1 saturated heterocycles. The number of nitrogen functional groups attached to an aromatic ring is 2. The van der Waals surface area contributed by atoms with E-state index in [1.807, 2.05) is 18.3 Å². The van der Waals surface area contributed by atoms with Crippen LogP contribution >= 0.6 is 11.3 Å². The Labute approximate surface area is 172 Å². The number of hydrogen-bond acceptors (Lipinski definition) is 8. The van der Waals surface area contributed by atoms with Gasteiger partial charge in [-0.1, -0.05) is 30.4 Å². The van der Waals surface area contributed by atoms with Crippen molar-refractivity contribution in [3.8, 4) is 0 Å². The van der Waals surface area contributed by atoms with Crippen molar-refractivity contribution in [2.75, 3.05) is 36.1 Å². The molecule has 148 valence electrons. The minimum Gasteiger partial charge on any atom is -0.384 e. The van der Waals surface area contributed by atoms with E-state index in [-0.39, 0.29) is 12.0 Å². The summed E-state index contributed by atoms with van der Waals surface area (Å²) >= 11 is 1.41. The van der Waals surface area contributed by atoms with Crippen molar-refractivity contribution in [2.45, 2.75) is 13.0 Å². The zero-order chi connectivity index (χ0) is 20.0. The van der Waals surface area contributed by atoms with Crippen molar-refractivity contribution in [3.05, 3.63) is 53.9 Å². The first kappa shape index (κ1) is 18.1. The third-order valence-corrected chi connectivity index (χ3v) is 6.19. The van der Waals surface area contributed by atoms with Crippen LogP contribution in [0.25, 0.3) is 15.9 Å². The Kier molecular flexibility index (Phi) is 4.44. The Morgan fingerprint density at radius 2 is 2.14 bits per heavy atom. The molecule has 2 aliphatic rings. The lowest BCUT2D eigenvalue weighted by Gasteiger charge is -2.29. The number of anilines is 3. The molecule has 1 aliphatic heterocycles. The highest BCUT2D eigenvalue weighted by atomic mass is 32.1. The summed E-state index contributed by atoms with van der Waals surface area (Å²) < 4.78 is 6.21. The SMILES string of the molecule is CC1C=C(c2cnc3sc(N)nc3c2)C=C2CN(c3ccnc(N)c3)CCOC21. The smallest absolute Gasteiger partial charge is 0.182 e. The number of hydrogen-bond donors (Lipinski definition) is 2.